The standard InChI is InChI=1S/C17H22N6O/c1-11-5-7-22(17(24)21(2)3)10-13(11)16-20-9-12-8-19-15-14(23(12)16)4-6-18-15/h4,6,8-9,11,13,18H,5,7,10H2,1-3H3/t11-,13+/m1/s1. The molecule has 3 aromatic rings. The van der Waals surface area contributed by atoms with E-state index in [0.717, 1.165) is 35.5 Å². The van der Waals surface area contributed by atoms with Crippen LogP contribution in [0, 0.1) is 5.92 Å². The minimum Gasteiger partial charge on any atom is -0.345 e. The lowest BCUT2D eigenvalue weighted by molar-refractivity contribution is 0.138. The lowest BCUT2D eigenvalue weighted by Crippen LogP contribution is -2.46. The summed E-state index contributed by atoms with van der Waals surface area (Å²) in [4.78, 5) is 28.2. The molecule has 4 rings (SSSR count). The van der Waals surface area contributed by atoms with Gasteiger partial charge in [-0.1, -0.05) is 6.92 Å². The third-order valence-corrected chi connectivity index (χ3v) is 5.03. The number of nitrogens with one attached hydrogen (secondary N) is 1. The molecule has 0 aliphatic carbocycles. The second kappa shape index (κ2) is 5.51. The number of nitrogens with zero attached hydrogens (tertiary/aromatic N) is 5. The quantitative estimate of drug-likeness (QED) is 0.746. The summed E-state index contributed by atoms with van der Waals surface area (Å²) < 4.78 is 2.17. The minimum absolute atomic E-state index is 0.0706. The number of fused-ring (bicyclic) bond motifs is 3. The molecule has 4 heterocycles. The molecule has 3 aromatic heterocycles. The number of H-pyrrole nitrogens is 1. The molecule has 126 valence electrons. The third-order valence-electron chi connectivity index (χ3n) is 5.03. The number of carbonyl (C=O) groups is 1. The van der Waals surface area contributed by atoms with Crippen LogP contribution >= 0.6 is 0 Å². The summed E-state index contributed by atoms with van der Waals surface area (Å²) in [6.45, 7) is 3.75. The van der Waals surface area contributed by atoms with Gasteiger partial charge in [0, 0.05) is 39.3 Å². The number of carbonyl (C=O) groups excluding carboxylic acids is 1. The molecule has 0 radical (unpaired) electrons. The summed E-state index contributed by atoms with van der Waals surface area (Å²) in [7, 11) is 3.60. The zero-order valence-electron chi connectivity index (χ0n) is 14.2. The smallest absolute Gasteiger partial charge is 0.319 e. The number of hydrogen-bond acceptors (Lipinski definition) is 3. The van der Waals surface area contributed by atoms with Crippen molar-refractivity contribution in [2.45, 2.75) is 19.3 Å². The zero-order valence-corrected chi connectivity index (χ0v) is 14.2. The van der Waals surface area contributed by atoms with Crippen LogP contribution < -0.4 is 0 Å². The fraction of sp³-hybridized carbons (Fsp3) is 0.471. The van der Waals surface area contributed by atoms with Crippen molar-refractivity contribution in [3.8, 4) is 0 Å². The van der Waals surface area contributed by atoms with E-state index in [4.69, 9.17) is 4.98 Å². The summed E-state index contributed by atoms with van der Waals surface area (Å²) in [6.07, 6.45) is 6.59. The molecule has 1 fully saturated rings. The predicted molar refractivity (Wildman–Crippen MR) is 92.0 cm³/mol. The lowest BCUT2D eigenvalue weighted by atomic mass is 9.86. The number of imidazole rings is 1. The number of aromatic nitrogens is 4. The van der Waals surface area contributed by atoms with Crippen molar-refractivity contribution in [1.29, 1.82) is 0 Å². The molecule has 1 aliphatic heterocycles. The van der Waals surface area contributed by atoms with Gasteiger partial charge < -0.3 is 14.8 Å². The highest BCUT2D eigenvalue weighted by molar-refractivity contribution is 5.76. The van der Waals surface area contributed by atoms with Gasteiger partial charge in [-0.05, 0) is 18.4 Å². The Morgan fingerprint density at radius 2 is 2.12 bits per heavy atom. The molecule has 7 nitrogen and oxygen atoms in total. The van der Waals surface area contributed by atoms with E-state index in [2.05, 4.69) is 21.3 Å². The van der Waals surface area contributed by atoms with Crippen molar-refractivity contribution in [2.75, 3.05) is 27.2 Å². The Morgan fingerprint density at radius 3 is 2.92 bits per heavy atom. The molecule has 0 unspecified atom stereocenters. The lowest BCUT2D eigenvalue weighted by Gasteiger charge is -2.37. The monoisotopic (exact) mass is 326 g/mol. The van der Waals surface area contributed by atoms with E-state index in [0.29, 0.717) is 12.5 Å². The molecule has 2 atom stereocenters. The van der Waals surface area contributed by atoms with E-state index in [1.807, 2.05) is 29.6 Å². The maximum Gasteiger partial charge on any atom is 0.319 e. The first-order valence-electron chi connectivity index (χ1n) is 8.32. The minimum atomic E-state index is 0.0706. The van der Waals surface area contributed by atoms with Crippen LogP contribution in [0.2, 0.25) is 0 Å². The van der Waals surface area contributed by atoms with E-state index in [1.165, 1.54) is 0 Å². The van der Waals surface area contributed by atoms with Crippen LogP contribution in [0.25, 0.3) is 16.7 Å². The molecule has 1 saturated heterocycles. The summed E-state index contributed by atoms with van der Waals surface area (Å²) in [5.74, 6) is 1.70. The second-order valence-electron chi connectivity index (χ2n) is 6.84. The summed E-state index contributed by atoms with van der Waals surface area (Å²) >= 11 is 0. The predicted octanol–water partition coefficient (Wildman–Crippen LogP) is 2.32. The van der Waals surface area contributed by atoms with Gasteiger partial charge in [0.1, 0.15) is 5.82 Å². The van der Waals surface area contributed by atoms with Gasteiger partial charge in [0.05, 0.1) is 23.4 Å². The van der Waals surface area contributed by atoms with Crippen LogP contribution in [0.4, 0.5) is 4.79 Å². The molecule has 0 saturated carbocycles. The fourth-order valence-electron chi connectivity index (χ4n) is 3.62. The topological polar surface area (TPSA) is 69.5 Å². The Labute approximate surface area is 140 Å². The molecule has 1 N–H and O–H groups in total. The van der Waals surface area contributed by atoms with Crippen molar-refractivity contribution in [1.82, 2.24) is 29.2 Å². The zero-order chi connectivity index (χ0) is 16.8. The molecule has 2 amide bonds. The first kappa shape index (κ1) is 15.0. The van der Waals surface area contributed by atoms with E-state index in [9.17, 15) is 4.79 Å². The maximum atomic E-state index is 12.4. The number of amides is 2. The van der Waals surface area contributed by atoms with Crippen LogP contribution in [0.5, 0.6) is 0 Å². The number of likely N-dealkylation sites (tertiary alicyclic amines) is 1. The Hall–Kier alpha value is -2.57. The van der Waals surface area contributed by atoms with Crippen LogP contribution in [0.1, 0.15) is 25.1 Å². The SMILES string of the molecule is C[C@@H]1CCN(C(=O)N(C)C)C[C@@H]1c1ncc2cnc3[nH]ccc3n12. The average Bonchev–Trinajstić information content (AvgIpc) is 3.20. The highest BCUT2D eigenvalue weighted by Crippen LogP contribution is 2.33. The van der Waals surface area contributed by atoms with Crippen LogP contribution in [-0.2, 0) is 0 Å². The van der Waals surface area contributed by atoms with E-state index in [-0.39, 0.29) is 11.9 Å². The van der Waals surface area contributed by atoms with Gasteiger partial charge in [-0.15, -0.1) is 0 Å². The Kier molecular flexibility index (Phi) is 3.44. The van der Waals surface area contributed by atoms with Gasteiger partial charge in [-0.25, -0.2) is 14.8 Å². The molecular formula is C17H22N6O. The highest BCUT2D eigenvalue weighted by atomic mass is 16.2. The Balaban J connectivity index is 1.78. The van der Waals surface area contributed by atoms with Crippen molar-refractivity contribution in [3.63, 3.8) is 0 Å². The molecular weight excluding hydrogens is 304 g/mol. The van der Waals surface area contributed by atoms with Crippen molar-refractivity contribution in [3.05, 3.63) is 30.5 Å². The molecule has 0 bridgehead atoms. The fourth-order valence-corrected chi connectivity index (χ4v) is 3.62. The van der Waals surface area contributed by atoms with E-state index >= 15 is 0 Å². The summed E-state index contributed by atoms with van der Waals surface area (Å²) in [5, 5.41) is 0. The van der Waals surface area contributed by atoms with Gasteiger partial charge >= 0.3 is 6.03 Å². The van der Waals surface area contributed by atoms with Crippen LogP contribution in [-0.4, -0.2) is 62.4 Å². The first-order valence-corrected chi connectivity index (χ1v) is 8.32. The molecule has 0 spiro atoms. The Morgan fingerprint density at radius 1 is 1.33 bits per heavy atom. The van der Waals surface area contributed by atoms with Gasteiger partial charge in [-0.2, -0.15) is 0 Å². The van der Waals surface area contributed by atoms with E-state index in [1.54, 1.807) is 19.0 Å². The molecule has 7 heteroatoms. The largest absolute Gasteiger partial charge is 0.345 e. The second-order valence-corrected chi connectivity index (χ2v) is 6.84. The van der Waals surface area contributed by atoms with Gasteiger partial charge in [0.15, 0.2) is 5.65 Å². The number of urea groups is 1. The van der Waals surface area contributed by atoms with Gasteiger partial charge in [-0.3, -0.25) is 4.40 Å². The van der Waals surface area contributed by atoms with Crippen molar-refractivity contribution >= 4 is 22.7 Å². The Bertz CT molecular complexity index is 895. The summed E-state index contributed by atoms with van der Waals surface area (Å²) in [5.41, 5.74) is 2.87. The molecule has 1 aliphatic rings. The summed E-state index contributed by atoms with van der Waals surface area (Å²) in [6, 6.07) is 2.10. The van der Waals surface area contributed by atoms with Gasteiger partial charge in [0.2, 0.25) is 0 Å². The van der Waals surface area contributed by atoms with E-state index < -0.39 is 0 Å². The first-order chi connectivity index (χ1) is 11.6. The van der Waals surface area contributed by atoms with Crippen LogP contribution in [0.15, 0.2) is 24.7 Å². The molecule has 24 heavy (non-hydrogen) atoms. The van der Waals surface area contributed by atoms with Crippen LogP contribution in [0.3, 0.4) is 0 Å². The number of rotatable bonds is 1. The average molecular weight is 326 g/mol. The normalized spacial score (nSPS) is 21.5. The third kappa shape index (κ3) is 2.23. The maximum absolute atomic E-state index is 12.4. The number of hydrogen-bond donors (Lipinski definition) is 1. The van der Waals surface area contributed by atoms with Gasteiger partial charge in [0.25, 0.3) is 0 Å². The number of piperidine rings is 1. The number of aromatic amines is 1. The van der Waals surface area contributed by atoms with Crippen molar-refractivity contribution < 1.29 is 4.79 Å². The molecule has 0 aromatic carbocycles. The van der Waals surface area contributed by atoms with Crippen molar-refractivity contribution in [2.24, 2.45) is 5.92 Å². The highest BCUT2D eigenvalue weighted by Gasteiger charge is 2.33.